The largest absolute Gasteiger partial charge is 0.480 e. The van der Waals surface area contributed by atoms with Gasteiger partial charge in [0.2, 0.25) is 0 Å². The lowest BCUT2D eigenvalue weighted by molar-refractivity contribution is -0.152. The summed E-state index contributed by atoms with van der Waals surface area (Å²) in [5.41, 5.74) is 4.28. The van der Waals surface area contributed by atoms with Crippen molar-refractivity contribution in [1.82, 2.24) is 15.5 Å². The van der Waals surface area contributed by atoms with Crippen LogP contribution in [0.4, 0.5) is 4.79 Å². The van der Waals surface area contributed by atoms with E-state index in [1.54, 1.807) is 0 Å². The van der Waals surface area contributed by atoms with Gasteiger partial charge in [0, 0.05) is 32.2 Å². The minimum absolute atomic E-state index is 0.0785. The number of carboxylic acids is 1. The molecule has 9 heteroatoms. The van der Waals surface area contributed by atoms with E-state index in [4.69, 9.17) is 9.47 Å². The van der Waals surface area contributed by atoms with Crippen molar-refractivity contribution in [1.29, 1.82) is 0 Å². The molecule has 0 spiro atoms. The number of nitrogens with zero attached hydrogens (tertiary/aromatic N) is 1. The molecule has 2 fully saturated rings. The molecule has 218 valence electrons. The summed E-state index contributed by atoms with van der Waals surface area (Å²) in [5.74, 6) is -1.67. The molecule has 9 nitrogen and oxygen atoms in total. The Bertz CT molecular complexity index is 1410. The van der Waals surface area contributed by atoms with E-state index >= 15 is 0 Å². The fraction of sp³-hybridized carbons (Fsp3) is 0.364. The van der Waals surface area contributed by atoms with Gasteiger partial charge in [-0.25, -0.2) is 9.59 Å². The van der Waals surface area contributed by atoms with E-state index in [9.17, 15) is 19.5 Å². The van der Waals surface area contributed by atoms with E-state index in [0.29, 0.717) is 19.5 Å². The van der Waals surface area contributed by atoms with E-state index in [2.05, 4.69) is 39.8 Å². The van der Waals surface area contributed by atoms with Gasteiger partial charge < -0.3 is 25.2 Å². The summed E-state index contributed by atoms with van der Waals surface area (Å²) >= 11 is 0. The monoisotopic (exact) mass is 569 g/mol. The van der Waals surface area contributed by atoms with Gasteiger partial charge in [0.05, 0.1) is 6.04 Å². The van der Waals surface area contributed by atoms with E-state index in [1.807, 2.05) is 54.6 Å². The molecule has 3 aliphatic rings. The molecule has 0 radical (unpaired) electrons. The molecular weight excluding hydrogens is 534 g/mol. The van der Waals surface area contributed by atoms with Gasteiger partial charge in [-0.05, 0) is 47.1 Å². The molecule has 2 atom stereocenters. The molecule has 2 aliphatic heterocycles. The summed E-state index contributed by atoms with van der Waals surface area (Å²) in [6.45, 7) is 2.23. The maximum absolute atomic E-state index is 13.3. The fourth-order valence-electron chi connectivity index (χ4n) is 6.42. The second-order valence-corrected chi connectivity index (χ2v) is 11.3. The number of nitrogens with one attached hydrogen (secondary N) is 2. The second-order valence-electron chi connectivity index (χ2n) is 11.3. The molecule has 3 aromatic carbocycles. The number of likely N-dealkylation sites (tertiary alicyclic amines) is 1. The van der Waals surface area contributed by atoms with Crippen molar-refractivity contribution in [2.24, 2.45) is 0 Å². The number of benzene rings is 3. The van der Waals surface area contributed by atoms with E-state index in [-0.39, 0.29) is 32.0 Å². The minimum Gasteiger partial charge on any atom is -0.480 e. The molecule has 0 bridgehead atoms. The molecule has 2 saturated heterocycles. The molecule has 3 aromatic rings. The van der Waals surface area contributed by atoms with Crippen LogP contribution in [0.3, 0.4) is 0 Å². The lowest BCUT2D eigenvalue weighted by Gasteiger charge is -2.40. The molecule has 3 N–H and O–H groups in total. The summed E-state index contributed by atoms with van der Waals surface area (Å²) in [5, 5.41) is 15.7. The highest BCUT2D eigenvalue weighted by molar-refractivity contribution is 5.90. The van der Waals surface area contributed by atoms with Gasteiger partial charge >= 0.3 is 12.1 Å². The fourth-order valence-corrected chi connectivity index (χ4v) is 6.42. The van der Waals surface area contributed by atoms with Gasteiger partial charge in [-0.15, -0.1) is 0 Å². The van der Waals surface area contributed by atoms with Crippen LogP contribution in [0.5, 0.6) is 0 Å². The van der Waals surface area contributed by atoms with Crippen LogP contribution in [0.25, 0.3) is 11.1 Å². The molecule has 2 unspecified atom stereocenters. The quantitative estimate of drug-likeness (QED) is 0.377. The molecule has 42 heavy (non-hydrogen) atoms. The van der Waals surface area contributed by atoms with Crippen molar-refractivity contribution in [3.8, 4) is 11.1 Å². The van der Waals surface area contributed by atoms with Gasteiger partial charge in [0.1, 0.15) is 12.1 Å². The van der Waals surface area contributed by atoms with Crippen molar-refractivity contribution < 1.29 is 29.0 Å². The highest BCUT2D eigenvalue weighted by atomic mass is 16.6. The Balaban J connectivity index is 1.04. The number of hydrogen-bond acceptors (Lipinski definition) is 6. The average Bonchev–Trinajstić information content (AvgIpc) is 3.60. The lowest BCUT2D eigenvalue weighted by Crippen LogP contribution is -2.63. The van der Waals surface area contributed by atoms with Crippen LogP contribution in [0, 0.1) is 0 Å². The van der Waals surface area contributed by atoms with Crippen LogP contribution in [0.1, 0.15) is 41.9 Å². The first kappa shape index (κ1) is 27.9. The number of amides is 2. The lowest BCUT2D eigenvalue weighted by atomic mass is 9.86. The number of piperidine rings is 1. The Labute approximate surface area is 244 Å². The van der Waals surface area contributed by atoms with Gasteiger partial charge in [-0.1, -0.05) is 78.9 Å². The molecular formula is C33H35N3O6. The van der Waals surface area contributed by atoms with Crippen molar-refractivity contribution >= 4 is 18.0 Å². The third kappa shape index (κ3) is 5.62. The van der Waals surface area contributed by atoms with Crippen LogP contribution < -0.4 is 10.6 Å². The Morgan fingerprint density at radius 3 is 2.17 bits per heavy atom. The zero-order valence-electron chi connectivity index (χ0n) is 23.3. The number of fused-ring (bicyclic) bond motifs is 3. The maximum Gasteiger partial charge on any atom is 0.407 e. The Morgan fingerprint density at radius 2 is 1.52 bits per heavy atom. The summed E-state index contributed by atoms with van der Waals surface area (Å²) in [4.78, 5) is 40.8. The second kappa shape index (κ2) is 12.0. The van der Waals surface area contributed by atoms with Gasteiger partial charge in [-0.2, -0.15) is 0 Å². The van der Waals surface area contributed by atoms with Crippen LogP contribution >= 0.6 is 0 Å². The molecule has 0 aromatic heterocycles. The van der Waals surface area contributed by atoms with E-state index in [0.717, 1.165) is 34.4 Å². The standard InChI is InChI=1S/C33H35N3O6/c37-30(35-33(31(38)39)15-17-36(18-16-33)20-22-8-2-1-3-9-22)29-28(14-19-41-29)34-32(40)42-21-27-25-12-6-4-10-23(25)24-11-5-7-13-26(24)27/h1-13,27-29H,14-21H2,(H,34,40)(H,35,37)(H,38,39). The third-order valence-electron chi connectivity index (χ3n) is 8.73. The van der Waals surface area contributed by atoms with E-state index in [1.165, 1.54) is 0 Å². The number of rotatable bonds is 8. The number of carboxylic acid groups (broad SMARTS) is 1. The number of carbonyl (C=O) groups excluding carboxylic acids is 2. The zero-order valence-corrected chi connectivity index (χ0v) is 23.3. The minimum atomic E-state index is -1.38. The molecule has 2 heterocycles. The Kier molecular flexibility index (Phi) is 7.95. The Morgan fingerprint density at radius 1 is 0.905 bits per heavy atom. The molecule has 0 saturated carbocycles. The first-order valence-electron chi connectivity index (χ1n) is 14.5. The van der Waals surface area contributed by atoms with Gasteiger partial charge in [0.25, 0.3) is 5.91 Å². The summed E-state index contributed by atoms with van der Waals surface area (Å²) in [7, 11) is 0. The van der Waals surface area contributed by atoms with Crippen molar-refractivity contribution in [3.63, 3.8) is 0 Å². The molecule has 2 amide bonds. The number of ether oxygens (including phenoxy) is 2. The molecule has 6 rings (SSSR count). The SMILES string of the molecule is O=C(NC1CCOC1C(=O)NC1(C(=O)O)CCN(Cc2ccccc2)CC1)OCC1c2ccccc2-c2ccccc21. The first-order valence-corrected chi connectivity index (χ1v) is 14.5. The predicted molar refractivity (Wildman–Crippen MR) is 156 cm³/mol. The van der Waals surface area contributed by atoms with Crippen molar-refractivity contribution in [2.45, 2.75) is 49.4 Å². The van der Waals surface area contributed by atoms with Crippen molar-refractivity contribution in [3.05, 3.63) is 95.6 Å². The summed E-state index contributed by atoms with van der Waals surface area (Å²) in [6, 6.07) is 25.6. The van der Waals surface area contributed by atoms with Gasteiger partial charge in [0.15, 0.2) is 6.10 Å². The normalized spacial score (nSPS) is 21.2. The Hall–Kier alpha value is -4.21. The number of alkyl carbamates (subject to hydrolysis) is 1. The van der Waals surface area contributed by atoms with Crippen LogP contribution in [-0.4, -0.2) is 72.0 Å². The van der Waals surface area contributed by atoms with Crippen LogP contribution in [0.15, 0.2) is 78.9 Å². The summed E-state index contributed by atoms with van der Waals surface area (Å²) < 4.78 is 11.3. The summed E-state index contributed by atoms with van der Waals surface area (Å²) in [6.07, 6.45) is -0.653. The van der Waals surface area contributed by atoms with Crippen LogP contribution in [0.2, 0.25) is 0 Å². The highest BCUT2D eigenvalue weighted by Gasteiger charge is 2.46. The maximum atomic E-state index is 13.3. The smallest absolute Gasteiger partial charge is 0.407 e. The average molecular weight is 570 g/mol. The van der Waals surface area contributed by atoms with Gasteiger partial charge in [-0.3, -0.25) is 9.69 Å². The zero-order chi connectivity index (χ0) is 29.1. The molecule has 1 aliphatic carbocycles. The predicted octanol–water partition coefficient (Wildman–Crippen LogP) is 3.92. The van der Waals surface area contributed by atoms with Crippen molar-refractivity contribution in [2.75, 3.05) is 26.3 Å². The third-order valence-corrected chi connectivity index (χ3v) is 8.73. The number of hydrogen-bond donors (Lipinski definition) is 3. The number of aliphatic carboxylic acids is 1. The highest BCUT2D eigenvalue weighted by Crippen LogP contribution is 2.44. The van der Waals surface area contributed by atoms with E-state index < -0.39 is 35.7 Å². The first-order chi connectivity index (χ1) is 20.4. The number of carbonyl (C=O) groups is 3. The topological polar surface area (TPSA) is 117 Å². The van der Waals surface area contributed by atoms with Crippen LogP contribution in [-0.2, 0) is 25.6 Å².